The molecule has 3 heterocycles. The molecule has 0 spiro atoms. The van der Waals surface area contributed by atoms with E-state index in [1.807, 2.05) is 72.8 Å². The first kappa shape index (κ1) is 32.3. The minimum Gasteiger partial charge on any atom is -0.465 e. The standard InChI is InChI=1S/C35H27N3O4S.C3H7NO/c1-21-11-16-29-30(18-21)43-34(38-29)22-12-14-24(15-13-22)36-31(39)20-42-35(40)32-26-8-2-3-10-28(26)37-33-23(6-4-9-27(32)33)19-25-7-5-17-41-25;1-4(2)3-5/h2-3,5,7-8,10-19H,4,6,9,20H2,1H3,(H,36,39);3H,1-2H3/b23-19+;. The highest BCUT2D eigenvalue weighted by atomic mass is 32.1. The molecule has 0 unspecified atom stereocenters. The molecule has 48 heavy (non-hydrogen) atoms. The number of fused-ring (bicyclic) bond motifs is 3. The van der Waals surface area contributed by atoms with Crippen LogP contribution in [-0.2, 0) is 20.7 Å². The van der Waals surface area contributed by atoms with Crippen molar-refractivity contribution in [3.05, 3.63) is 113 Å². The number of nitrogens with zero attached hydrogens (tertiary/aromatic N) is 3. The Morgan fingerprint density at radius 1 is 0.979 bits per heavy atom. The first-order valence-corrected chi connectivity index (χ1v) is 16.3. The van der Waals surface area contributed by atoms with Gasteiger partial charge in [0.15, 0.2) is 6.61 Å². The Kier molecular flexibility index (Phi) is 9.73. The molecule has 9 nitrogen and oxygen atoms in total. The van der Waals surface area contributed by atoms with Crippen LogP contribution in [0, 0.1) is 6.92 Å². The molecule has 242 valence electrons. The minimum absolute atomic E-state index is 0.404. The van der Waals surface area contributed by atoms with Gasteiger partial charge in [-0.1, -0.05) is 24.3 Å². The molecule has 7 rings (SSSR count). The highest BCUT2D eigenvalue weighted by Gasteiger charge is 2.26. The summed E-state index contributed by atoms with van der Waals surface area (Å²) in [5, 5.41) is 4.46. The predicted octanol–water partition coefficient (Wildman–Crippen LogP) is 7.79. The number of nitrogens with one attached hydrogen (secondary N) is 1. The summed E-state index contributed by atoms with van der Waals surface area (Å²) in [6.07, 6.45) is 6.75. The highest BCUT2D eigenvalue weighted by molar-refractivity contribution is 7.21. The van der Waals surface area contributed by atoms with Crippen LogP contribution in [0.5, 0.6) is 0 Å². The maximum absolute atomic E-state index is 13.5. The summed E-state index contributed by atoms with van der Waals surface area (Å²) in [6.45, 7) is 1.66. The zero-order valence-electron chi connectivity index (χ0n) is 26.9. The van der Waals surface area contributed by atoms with Gasteiger partial charge in [0.1, 0.15) is 10.8 Å². The van der Waals surface area contributed by atoms with Crippen LogP contribution < -0.4 is 5.32 Å². The van der Waals surface area contributed by atoms with Gasteiger partial charge in [0.2, 0.25) is 6.41 Å². The van der Waals surface area contributed by atoms with Gasteiger partial charge in [-0.25, -0.2) is 14.8 Å². The van der Waals surface area contributed by atoms with Crippen molar-refractivity contribution in [1.29, 1.82) is 0 Å². The van der Waals surface area contributed by atoms with Crippen LogP contribution in [0.25, 0.3) is 43.3 Å². The number of carbonyl (C=O) groups is 3. The molecule has 0 fully saturated rings. The number of benzene rings is 3. The molecule has 6 aromatic rings. The fourth-order valence-corrected chi connectivity index (χ4v) is 6.57. The maximum atomic E-state index is 13.5. The lowest BCUT2D eigenvalue weighted by molar-refractivity contribution is -0.119. The van der Waals surface area contributed by atoms with Crippen LogP contribution in [0.15, 0.2) is 89.5 Å². The maximum Gasteiger partial charge on any atom is 0.339 e. The van der Waals surface area contributed by atoms with Gasteiger partial charge in [-0.05, 0) is 104 Å². The average molecular weight is 659 g/mol. The van der Waals surface area contributed by atoms with E-state index in [0.717, 1.165) is 62.6 Å². The third-order valence-electron chi connectivity index (χ3n) is 7.74. The molecule has 3 aromatic carbocycles. The number of amides is 2. The molecule has 0 radical (unpaired) electrons. The van der Waals surface area contributed by atoms with Crippen molar-refractivity contribution >= 4 is 68.1 Å². The number of esters is 1. The van der Waals surface area contributed by atoms with Crippen LogP contribution in [0.1, 0.15) is 45.8 Å². The van der Waals surface area contributed by atoms with E-state index in [2.05, 4.69) is 24.4 Å². The largest absolute Gasteiger partial charge is 0.465 e. The summed E-state index contributed by atoms with van der Waals surface area (Å²) in [4.78, 5) is 46.9. The Morgan fingerprint density at radius 2 is 1.77 bits per heavy atom. The third-order valence-corrected chi connectivity index (χ3v) is 8.81. The number of aryl methyl sites for hydroxylation is 1. The zero-order valence-corrected chi connectivity index (χ0v) is 27.7. The van der Waals surface area contributed by atoms with E-state index in [1.54, 1.807) is 31.7 Å². The van der Waals surface area contributed by atoms with Crippen molar-refractivity contribution in [1.82, 2.24) is 14.9 Å². The van der Waals surface area contributed by atoms with Gasteiger partial charge >= 0.3 is 5.97 Å². The van der Waals surface area contributed by atoms with Crippen molar-refractivity contribution in [2.75, 3.05) is 26.0 Å². The summed E-state index contributed by atoms with van der Waals surface area (Å²) in [7, 11) is 3.38. The Labute approximate surface area is 281 Å². The molecule has 10 heteroatoms. The predicted molar refractivity (Wildman–Crippen MR) is 190 cm³/mol. The lowest BCUT2D eigenvalue weighted by atomic mass is 9.86. The molecule has 0 saturated heterocycles. The number of ether oxygens (including phenoxy) is 1. The molecule has 0 atom stereocenters. The van der Waals surface area contributed by atoms with Gasteiger partial charge in [-0.2, -0.15) is 0 Å². The number of para-hydroxylation sites is 1. The number of pyridine rings is 1. The van der Waals surface area contributed by atoms with Gasteiger partial charge in [-0.15, -0.1) is 11.3 Å². The molecule has 3 aromatic heterocycles. The number of aromatic nitrogens is 2. The molecular weight excluding hydrogens is 625 g/mol. The zero-order chi connectivity index (χ0) is 33.6. The van der Waals surface area contributed by atoms with Crippen molar-refractivity contribution in [3.63, 3.8) is 0 Å². The normalized spacial score (nSPS) is 13.0. The van der Waals surface area contributed by atoms with E-state index in [9.17, 15) is 14.4 Å². The summed E-state index contributed by atoms with van der Waals surface area (Å²) < 4.78 is 12.3. The quantitative estimate of drug-likeness (QED) is 0.138. The van der Waals surface area contributed by atoms with Gasteiger partial charge in [0.25, 0.3) is 5.91 Å². The fraction of sp³-hybridized carbons (Fsp3) is 0.184. The smallest absolute Gasteiger partial charge is 0.339 e. The Hall–Kier alpha value is -5.61. The lowest BCUT2D eigenvalue weighted by Crippen LogP contribution is -2.22. The molecule has 2 amide bonds. The molecule has 0 bridgehead atoms. The van der Waals surface area contributed by atoms with E-state index in [4.69, 9.17) is 19.1 Å². The number of furan rings is 1. The molecule has 1 aliphatic carbocycles. The van der Waals surface area contributed by atoms with Crippen molar-refractivity contribution in [3.8, 4) is 10.6 Å². The van der Waals surface area contributed by atoms with Crippen molar-refractivity contribution in [2.24, 2.45) is 0 Å². The topological polar surface area (TPSA) is 115 Å². The van der Waals surface area contributed by atoms with Crippen molar-refractivity contribution < 1.29 is 23.5 Å². The second-order valence-electron chi connectivity index (χ2n) is 11.6. The average Bonchev–Trinajstić information content (AvgIpc) is 3.77. The number of thiazole rings is 1. The first-order valence-electron chi connectivity index (χ1n) is 15.5. The number of allylic oxidation sites excluding steroid dienone is 1. The lowest BCUT2D eigenvalue weighted by Gasteiger charge is -2.22. The van der Waals surface area contributed by atoms with Crippen LogP contribution >= 0.6 is 11.3 Å². The Bertz CT molecular complexity index is 2130. The minimum atomic E-state index is -0.536. The molecule has 0 saturated carbocycles. The molecule has 1 N–H and O–H groups in total. The third kappa shape index (κ3) is 7.34. The summed E-state index contributed by atoms with van der Waals surface area (Å²) in [5.41, 5.74) is 7.55. The van der Waals surface area contributed by atoms with E-state index >= 15 is 0 Å². The van der Waals surface area contributed by atoms with Crippen LogP contribution in [-0.4, -0.2) is 53.9 Å². The first-order chi connectivity index (χ1) is 23.3. The number of anilines is 1. The van der Waals surface area contributed by atoms with Crippen molar-refractivity contribution in [2.45, 2.75) is 26.2 Å². The SMILES string of the molecule is CN(C)C=O.Cc1ccc2nc(-c3ccc(NC(=O)COC(=O)c4c5c(nc6ccccc46)/C(=C/c4ccco4)CCC5)cc3)sc2c1. The summed E-state index contributed by atoms with van der Waals surface area (Å²) >= 11 is 1.64. The fourth-order valence-electron chi connectivity index (χ4n) is 5.51. The van der Waals surface area contributed by atoms with Gasteiger partial charge < -0.3 is 19.4 Å². The number of rotatable bonds is 7. The van der Waals surface area contributed by atoms with Crippen LogP contribution in [0.4, 0.5) is 5.69 Å². The van der Waals surface area contributed by atoms with Gasteiger partial charge in [-0.3, -0.25) is 9.59 Å². The van der Waals surface area contributed by atoms with E-state index < -0.39 is 18.5 Å². The van der Waals surface area contributed by atoms with Gasteiger partial charge in [0, 0.05) is 30.7 Å². The molecule has 1 aliphatic rings. The summed E-state index contributed by atoms with van der Waals surface area (Å²) in [5.74, 6) is -0.213. The highest BCUT2D eigenvalue weighted by Crippen LogP contribution is 2.36. The molecular formula is C38H34N4O5S. The second kappa shape index (κ2) is 14.4. The van der Waals surface area contributed by atoms with E-state index in [1.165, 1.54) is 10.5 Å². The van der Waals surface area contributed by atoms with Crippen LogP contribution in [0.3, 0.4) is 0 Å². The van der Waals surface area contributed by atoms with E-state index in [-0.39, 0.29) is 0 Å². The monoisotopic (exact) mass is 658 g/mol. The molecule has 0 aliphatic heterocycles. The van der Waals surface area contributed by atoms with E-state index in [0.29, 0.717) is 28.6 Å². The Balaban J connectivity index is 0.000000749. The van der Waals surface area contributed by atoms with Gasteiger partial charge in [0.05, 0.1) is 33.3 Å². The van der Waals surface area contributed by atoms with Crippen LogP contribution in [0.2, 0.25) is 0 Å². The number of carbonyl (C=O) groups excluding carboxylic acids is 3. The number of hydrogen-bond donors (Lipinski definition) is 1. The number of hydrogen-bond acceptors (Lipinski definition) is 8. The second-order valence-corrected chi connectivity index (χ2v) is 12.7. The Morgan fingerprint density at radius 3 is 2.52 bits per heavy atom. The summed E-state index contributed by atoms with van der Waals surface area (Å²) in [6, 6.07) is 25.0.